The molecule has 1 aromatic heterocycles. The van der Waals surface area contributed by atoms with Crippen molar-refractivity contribution >= 4 is 33.3 Å². The fraction of sp³-hybridized carbons (Fsp3) is 0.143. The molecule has 2 nitrogen and oxygen atoms in total. The average Bonchev–Trinajstić information content (AvgIpc) is 3.13. The Labute approximate surface area is 177 Å². The van der Waals surface area contributed by atoms with E-state index in [2.05, 4.69) is 123 Å². The Morgan fingerprint density at radius 1 is 0.633 bits per heavy atom. The predicted octanol–water partition coefficient (Wildman–Crippen LogP) is 8.19. The van der Waals surface area contributed by atoms with E-state index < -0.39 is 0 Å². The lowest BCUT2D eigenvalue weighted by Gasteiger charge is -2.38. The Kier molecular flexibility index (Phi) is 4.36. The lowest BCUT2D eigenvalue weighted by molar-refractivity contribution is 0.561. The lowest BCUT2D eigenvalue weighted by atomic mass is 9.99. The summed E-state index contributed by atoms with van der Waals surface area (Å²) in [4.78, 5) is 2.40. The molecule has 0 bridgehead atoms. The second-order valence-electron chi connectivity index (χ2n) is 8.67. The van der Waals surface area contributed by atoms with Gasteiger partial charge < -0.3 is 9.32 Å². The van der Waals surface area contributed by atoms with E-state index in [1.165, 1.54) is 16.8 Å². The molecule has 0 saturated heterocycles. The molecule has 148 valence electrons. The molecule has 1 heterocycles. The van der Waals surface area contributed by atoms with Crippen molar-refractivity contribution in [3.63, 3.8) is 0 Å². The molecule has 0 atom stereocenters. The van der Waals surface area contributed by atoms with Crippen molar-refractivity contribution in [2.24, 2.45) is 0 Å². The molecule has 0 N–H and O–H groups in total. The number of nitrogens with zero attached hydrogens (tertiary/aromatic N) is 1. The summed E-state index contributed by atoms with van der Waals surface area (Å²) in [6.45, 7) is 6.74. The molecule has 0 spiro atoms. The minimum atomic E-state index is -0.101. The molecule has 0 fully saturated rings. The Bertz CT molecular complexity index is 1310. The minimum absolute atomic E-state index is 0.101. The van der Waals surface area contributed by atoms with Crippen LogP contribution in [0.5, 0.6) is 0 Å². The molecule has 0 aliphatic carbocycles. The van der Waals surface area contributed by atoms with Crippen molar-refractivity contribution in [3.05, 3.63) is 97.1 Å². The van der Waals surface area contributed by atoms with Crippen LogP contribution in [0.15, 0.2) is 101 Å². The van der Waals surface area contributed by atoms with Crippen LogP contribution in [0.1, 0.15) is 20.8 Å². The van der Waals surface area contributed by atoms with Crippen LogP contribution >= 0.6 is 0 Å². The number of hydrogen-bond donors (Lipinski definition) is 0. The van der Waals surface area contributed by atoms with Crippen molar-refractivity contribution < 1.29 is 4.42 Å². The maximum Gasteiger partial charge on any atom is 0.137 e. The van der Waals surface area contributed by atoms with Crippen LogP contribution in [0.3, 0.4) is 0 Å². The molecule has 0 aliphatic heterocycles. The maximum atomic E-state index is 6.26. The molecule has 0 saturated carbocycles. The molecule has 4 aromatic carbocycles. The summed E-state index contributed by atoms with van der Waals surface area (Å²) in [5.41, 5.74) is 6.47. The smallest absolute Gasteiger partial charge is 0.137 e. The monoisotopic (exact) mass is 391 g/mol. The zero-order valence-electron chi connectivity index (χ0n) is 17.6. The van der Waals surface area contributed by atoms with Crippen LogP contribution in [-0.4, -0.2) is 5.54 Å². The number of para-hydroxylation sites is 1. The van der Waals surface area contributed by atoms with Gasteiger partial charge in [0.05, 0.1) is 11.1 Å². The summed E-state index contributed by atoms with van der Waals surface area (Å²) in [5, 5.41) is 2.30. The van der Waals surface area contributed by atoms with E-state index in [-0.39, 0.29) is 5.54 Å². The summed E-state index contributed by atoms with van der Waals surface area (Å²) < 4.78 is 6.26. The van der Waals surface area contributed by atoms with Gasteiger partial charge in [-0.2, -0.15) is 0 Å². The van der Waals surface area contributed by atoms with Gasteiger partial charge in [-0.1, -0.05) is 60.7 Å². The highest BCUT2D eigenvalue weighted by molar-refractivity contribution is 6.13. The summed E-state index contributed by atoms with van der Waals surface area (Å²) in [6.07, 6.45) is 0. The second-order valence-corrected chi connectivity index (χ2v) is 8.67. The van der Waals surface area contributed by atoms with Gasteiger partial charge in [-0.25, -0.2) is 0 Å². The second kappa shape index (κ2) is 7.07. The third-order valence-corrected chi connectivity index (χ3v) is 5.51. The molecule has 0 radical (unpaired) electrons. The quantitative estimate of drug-likeness (QED) is 0.308. The van der Waals surface area contributed by atoms with Crippen LogP contribution in [0.25, 0.3) is 33.1 Å². The van der Waals surface area contributed by atoms with Crippen molar-refractivity contribution in [2.75, 3.05) is 4.90 Å². The highest BCUT2D eigenvalue weighted by atomic mass is 16.3. The van der Waals surface area contributed by atoms with Gasteiger partial charge in [-0.05, 0) is 68.3 Å². The first-order valence-electron chi connectivity index (χ1n) is 10.4. The van der Waals surface area contributed by atoms with Gasteiger partial charge in [0, 0.05) is 16.6 Å². The summed E-state index contributed by atoms with van der Waals surface area (Å²) in [7, 11) is 0. The van der Waals surface area contributed by atoms with Gasteiger partial charge in [-0.15, -0.1) is 0 Å². The standard InChI is InChI=1S/C28H25NO/c1-28(2,3)29(22-13-8-5-9-14-22)24-15-10-16-26-27(24)23-19-21(17-18-25(23)30-26)20-11-6-4-7-12-20/h4-19H,1-3H3. The number of fused-ring (bicyclic) bond motifs is 3. The zero-order chi connectivity index (χ0) is 20.7. The van der Waals surface area contributed by atoms with Gasteiger partial charge in [-0.3, -0.25) is 0 Å². The largest absolute Gasteiger partial charge is 0.456 e. The number of furan rings is 1. The first kappa shape index (κ1) is 18.5. The first-order chi connectivity index (χ1) is 14.5. The van der Waals surface area contributed by atoms with Crippen LogP contribution in [0, 0.1) is 0 Å². The molecule has 30 heavy (non-hydrogen) atoms. The third-order valence-electron chi connectivity index (χ3n) is 5.51. The highest BCUT2D eigenvalue weighted by Gasteiger charge is 2.26. The first-order valence-corrected chi connectivity index (χ1v) is 10.4. The molecule has 5 rings (SSSR count). The van der Waals surface area contributed by atoms with Gasteiger partial charge >= 0.3 is 0 Å². The molecular formula is C28H25NO. The van der Waals surface area contributed by atoms with Gasteiger partial charge in [0.25, 0.3) is 0 Å². The summed E-state index contributed by atoms with van der Waals surface area (Å²) >= 11 is 0. The van der Waals surface area contributed by atoms with Crippen molar-refractivity contribution in [1.29, 1.82) is 0 Å². The normalized spacial score (nSPS) is 11.8. The van der Waals surface area contributed by atoms with Crippen LogP contribution in [-0.2, 0) is 0 Å². The zero-order valence-corrected chi connectivity index (χ0v) is 17.6. The number of anilines is 2. The molecule has 0 unspecified atom stereocenters. The molecule has 5 aromatic rings. The number of rotatable bonds is 3. The fourth-order valence-corrected chi connectivity index (χ4v) is 4.27. The average molecular weight is 392 g/mol. The van der Waals surface area contributed by atoms with Crippen LogP contribution < -0.4 is 4.90 Å². The van der Waals surface area contributed by atoms with E-state index in [9.17, 15) is 0 Å². The molecular weight excluding hydrogens is 366 g/mol. The SMILES string of the molecule is CC(C)(C)N(c1ccccc1)c1cccc2oc3ccc(-c4ccccc4)cc3c12. The Balaban J connectivity index is 1.80. The van der Waals surface area contributed by atoms with Crippen molar-refractivity contribution in [1.82, 2.24) is 0 Å². The van der Waals surface area contributed by atoms with Gasteiger partial charge in [0.15, 0.2) is 0 Å². The summed E-state index contributed by atoms with van der Waals surface area (Å²) in [5.74, 6) is 0. The molecule has 0 aliphatic rings. The fourth-order valence-electron chi connectivity index (χ4n) is 4.27. The van der Waals surface area contributed by atoms with E-state index in [1.54, 1.807) is 0 Å². The van der Waals surface area contributed by atoms with E-state index in [0.29, 0.717) is 0 Å². The van der Waals surface area contributed by atoms with E-state index in [4.69, 9.17) is 4.42 Å². The topological polar surface area (TPSA) is 16.4 Å². The molecule has 2 heteroatoms. The van der Waals surface area contributed by atoms with Gasteiger partial charge in [0.1, 0.15) is 11.2 Å². The third kappa shape index (κ3) is 3.15. The number of benzene rings is 4. The lowest BCUT2D eigenvalue weighted by Crippen LogP contribution is -2.37. The highest BCUT2D eigenvalue weighted by Crippen LogP contribution is 2.42. The van der Waals surface area contributed by atoms with E-state index >= 15 is 0 Å². The van der Waals surface area contributed by atoms with Crippen molar-refractivity contribution in [3.8, 4) is 11.1 Å². The maximum absolute atomic E-state index is 6.26. The predicted molar refractivity (Wildman–Crippen MR) is 127 cm³/mol. The Morgan fingerprint density at radius 3 is 2.03 bits per heavy atom. The molecule has 0 amide bonds. The van der Waals surface area contributed by atoms with Crippen LogP contribution in [0.4, 0.5) is 11.4 Å². The summed E-state index contributed by atoms with van der Waals surface area (Å²) in [6, 6.07) is 33.9. The van der Waals surface area contributed by atoms with Crippen LogP contribution in [0.2, 0.25) is 0 Å². The Morgan fingerprint density at radius 2 is 1.33 bits per heavy atom. The van der Waals surface area contributed by atoms with E-state index in [1.807, 2.05) is 0 Å². The number of hydrogen-bond acceptors (Lipinski definition) is 2. The van der Waals surface area contributed by atoms with Gasteiger partial charge in [0.2, 0.25) is 0 Å². The minimum Gasteiger partial charge on any atom is -0.456 e. The Hall–Kier alpha value is -3.52. The van der Waals surface area contributed by atoms with Crippen molar-refractivity contribution in [2.45, 2.75) is 26.3 Å². The van der Waals surface area contributed by atoms with E-state index in [0.717, 1.165) is 27.6 Å².